The van der Waals surface area contributed by atoms with Crippen LogP contribution in [0.5, 0.6) is 5.75 Å². The van der Waals surface area contributed by atoms with Crippen molar-refractivity contribution in [3.63, 3.8) is 0 Å². The van der Waals surface area contributed by atoms with Gasteiger partial charge in [0.05, 0.1) is 6.61 Å². The molecular formula is C19H24ClNOS. The van der Waals surface area contributed by atoms with Gasteiger partial charge in [0.25, 0.3) is 0 Å². The Hall–Kier alpha value is -1.16. The first-order valence-corrected chi connectivity index (χ1v) is 9.34. The molecule has 0 fully saturated rings. The molecule has 0 saturated carbocycles. The lowest BCUT2D eigenvalue weighted by Gasteiger charge is -2.07. The summed E-state index contributed by atoms with van der Waals surface area (Å²) in [5.41, 5.74) is 1.33. The van der Waals surface area contributed by atoms with Gasteiger partial charge in [0.1, 0.15) is 5.75 Å². The quantitative estimate of drug-likeness (QED) is 0.436. The van der Waals surface area contributed by atoms with Crippen LogP contribution in [0.15, 0.2) is 53.4 Å². The third kappa shape index (κ3) is 7.30. The van der Waals surface area contributed by atoms with Crippen molar-refractivity contribution in [3.05, 3.63) is 59.1 Å². The largest absolute Gasteiger partial charge is 0.494 e. The van der Waals surface area contributed by atoms with E-state index in [-0.39, 0.29) is 0 Å². The van der Waals surface area contributed by atoms with Gasteiger partial charge in [0.15, 0.2) is 0 Å². The molecule has 0 spiro atoms. The van der Waals surface area contributed by atoms with Crippen molar-refractivity contribution in [1.29, 1.82) is 0 Å². The van der Waals surface area contributed by atoms with Gasteiger partial charge in [-0.05, 0) is 73.2 Å². The molecular weight excluding hydrogens is 326 g/mol. The van der Waals surface area contributed by atoms with Crippen molar-refractivity contribution >= 4 is 23.5 Å². The molecule has 0 aromatic heterocycles. The zero-order valence-corrected chi connectivity index (χ0v) is 15.1. The molecule has 0 atom stereocenters. The first kappa shape index (κ1) is 18.2. The molecule has 0 heterocycles. The zero-order chi connectivity index (χ0) is 16.3. The predicted octanol–water partition coefficient (Wildman–Crippen LogP) is 5.75. The van der Waals surface area contributed by atoms with Crippen LogP contribution in [-0.2, 0) is 6.42 Å². The van der Waals surface area contributed by atoms with Gasteiger partial charge in [0, 0.05) is 16.5 Å². The van der Waals surface area contributed by atoms with E-state index < -0.39 is 0 Å². The lowest BCUT2D eigenvalue weighted by Crippen LogP contribution is -2.06. The van der Waals surface area contributed by atoms with Gasteiger partial charge >= 0.3 is 0 Å². The second-order valence-corrected chi connectivity index (χ2v) is 6.80. The lowest BCUT2D eigenvalue weighted by molar-refractivity contribution is 0.309. The molecule has 4 heteroatoms. The molecule has 2 nitrogen and oxygen atoms in total. The summed E-state index contributed by atoms with van der Waals surface area (Å²) in [7, 11) is 0. The fourth-order valence-corrected chi connectivity index (χ4v) is 2.90. The normalized spacial score (nSPS) is 10.7. The van der Waals surface area contributed by atoms with E-state index in [2.05, 4.69) is 35.9 Å². The maximum Gasteiger partial charge on any atom is 0.119 e. The minimum absolute atomic E-state index is 0.796. The van der Waals surface area contributed by atoms with Crippen LogP contribution >= 0.6 is 23.5 Å². The molecule has 2 rings (SSSR count). The second-order valence-electron chi connectivity index (χ2n) is 5.40. The summed E-state index contributed by atoms with van der Waals surface area (Å²) in [6.45, 7) is 3.94. The molecule has 0 aliphatic carbocycles. The maximum absolute atomic E-state index is 5.89. The Kier molecular flexibility index (Phi) is 8.37. The average Bonchev–Trinajstić information content (AvgIpc) is 2.58. The summed E-state index contributed by atoms with van der Waals surface area (Å²) in [5, 5.41) is 0.796. The van der Waals surface area contributed by atoms with E-state index in [1.165, 1.54) is 10.5 Å². The first-order valence-electron chi connectivity index (χ1n) is 8.15. The summed E-state index contributed by atoms with van der Waals surface area (Å²) < 4.78 is 9.07. The van der Waals surface area contributed by atoms with Gasteiger partial charge in [-0.2, -0.15) is 0 Å². The molecule has 124 valence electrons. The van der Waals surface area contributed by atoms with E-state index in [0.29, 0.717) is 0 Å². The van der Waals surface area contributed by atoms with Crippen LogP contribution in [0, 0.1) is 0 Å². The number of halogens is 1. The van der Waals surface area contributed by atoms with Crippen LogP contribution in [0.4, 0.5) is 0 Å². The van der Waals surface area contributed by atoms with Crippen molar-refractivity contribution in [2.24, 2.45) is 0 Å². The van der Waals surface area contributed by atoms with Gasteiger partial charge in [-0.25, -0.2) is 0 Å². The standard InChI is InChI=1S/C19H24ClNOS/c1-2-3-15-22-18-10-12-19(13-11-18)23-21-14-4-5-16-6-8-17(20)9-7-16/h6-13,21H,2-5,14-15H2,1H3. The number of benzene rings is 2. The molecule has 0 saturated heterocycles. The number of ether oxygens (including phenoxy) is 1. The maximum atomic E-state index is 5.89. The van der Waals surface area contributed by atoms with Crippen molar-refractivity contribution in [1.82, 2.24) is 4.72 Å². The van der Waals surface area contributed by atoms with Gasteiger partial charge in [-0.3, -0.25) is 4.72 Å². The van der Waals surface area contributed by atoms with Gasteiger partial charge in [-0.1, -0.05) is 37.1 Å². The summed E-state index contributed by atoms with van der Waals surface area (Å²) in [5.74, 6) is 0.950. The number of hydrogen-bond acceptors (Lipinski definition) is 3. The SMILES string of the molecule is CCCCOc1ccc(SNCCCc2ccc(Cl)cc2)cc1. The third-order valence-electron chi connectivity index (χ3n) is 3.44. The lowest BCUT2D eigenvalue weighted by atomic mass is 10.1. The van der Waals surface area contributed by atoms with Crippen LogP contribution in [-0.4, -0.2) is 13.2 Å². The van der Waals surface area contributed by atoms with Crippen LogP contribution in [0.1, 0.15) is 31.7 Å². The molecule has 0 aliphatic rings. The Bertz CT molecular complexity index is 557. The fraction of sp³-hybridized carbons (Fsp3) is 0.368. The Morgan fingerprint density at radius 3 is 2.43 bits per heavy atom. The van der Waals surface area contributed by atoms with Crippen LogP contribution in [0.25, 0.3) is 0 Å². The van der Waals surface area contributed by atoms with E-state index in [1.807, 2.05) is 24.3 Å². The Balaban J connectivity index is 1.61. The van der Waals surface area contributed by atoms with Gasteiger partial charge in [0.2, 0.25) is 0 Å². The number of aryl methyl sites for hydroxylation is 1. The number of nitrogens with one attached hydrogen (secondary N) is 1. The molecule has 0 radical (unpaired) electrons. The van der Waals surface area contributed by atoms with Crippen molar-refractivity contribution < 1.29 is 4.74 Å². The topological polar surface area (TPSA) is 21.3 Å². The second kappa shape index (κ2) is 10.6. The molecule has 0 amide bonds. The smallest absolute Gasteiger partial charge is 0.119 e. The average molecular weight is 350 g/mol. The highest BCUT2D eigenvalue weighted by Gasteiger charge is 1.98. The summed E-state index contributed by atoms with van der Waals surface area (Å²) in [6.07, 6.45) is 4.43. The summed E-state index contributed by atoms with van der Waals surface area (Å²) in [4.78, 5) is 1.21. The van der Waals surface area contributed by atoms with Crippen molar-refractivity contribution in [2.45, 2.75) is 37.5 Å². The Morgan fingerprint density at radius 2 is 1.74 bits per heavy atom. The molecule has 23 heavy (non-hydrogen) atoms. The van der Waals surface area contributed by atoms with E-state index >= 15 is 0 Å². The van der Waals surface area contributed by atoms with E-state index in [9.17, 15) is 0 Å². The Labute approximate surface area is 148 Å². The van der Waals surface area contributed by atoms with E-state index in [1.54, 1.807) is 11.9 Å². The van der Waals surface area contributed by atoms with E-state index in [0.717, 1.165) is 49.6 Å². The number of rotatable bonds is 10. The van der Waals surface area contributed by atoms with Crippen LogP contribution in [0.3, 0.4) is 0 Å². The third-order valence-corrected chi connectivity index (χ3v) is 4.55. The highest BCUT2D eigenvalue weighted by atomic mass is 35.5. The summed E-state index contributed by atoms with van der Waals surface area (Å²) in [6, 6.07) is 16.3. The highest BCUT2D eigenvalue weighted by molar-refractivity contribution is 7.97. The molecule has 2 aromatic rings. The first-order chi connectivity index (χ1) is 11.3. The molecule has 1 N–H and O–H groups in total. The monoisotopic (exact) mass is 349 g/mol. The fourth-order valence-electron chi connectivity index (χ4n) is 2.09. The van der Waals surface area contributed by atoms with Crippen molar-refractivity contribution in [2.75, 3.05) is 13.2 Å². The minimum Gasteiger partial charge on any atom is -0.494 e. The Morgan fingerprint density at radius 1 is 1.00 bits per heavy atom. The molecule has 0 bridgehead atoms. The highest BCUT2D eigenvalue weighted by Crippen LogP contribution is 2.19. The zero-order valence-electron chi connectivity index (χ0n) is 13.6. The van der Waals surface area contributed by atoms with Crippen LogP contribution in [0.2, 0.25) is 5.02 Å². The predicted molar refractivity (Wildman–Crippen MR) is 100 cm³/mol. The van der Waals surface area contributed by atoms with Gasteiger partial charge < -0.3 is 4.74 Å². The summed E-state index contributed by atoms with van der Waals surface area (Å²) >= 11 is 7.55. The van der Waals surface area contributed by atoms with Gasteiger partial charge in [-0.15, -0.1) is 0 Å². The number of hydrogen-bond donors (Lipinski definition) is 1. The van der Waals surface area contributed by atoms with Crippen molar-refractivity contribution in [3.8, 4) is 5.75 Å². The van der Waals surface area contributed by atoms with E-state index in [4.69, 9.17) is 16.3 Å². The molecule has 2 aromatic carbocycles. The molecule has 0 aliphatic heterocycles. The molecule has 0 unspecified atom stereocenters. The van der Waals surface area contributed by atoms with Crippen LogP contribution < -0.4 is 9.46 Å². The number of unbranched alkanes of at least 4 members (excludes halogenated alkanes) is 1. The minimum atomic E-state index is 0.796.